The fourth-order valence-corrected chi connectivity index (χ4v) is 5.94. The Hall–Kier alpha value is -2.86. The summed E-state index contributed by atoms with van der Waals surface area (Å²) in [5.74, 6) is 1.25. The van der Waals surface area contributed by atoms with Crippen molar-refractivity contribution in [2.24, 2.45) is 7.05 Å². The molecule has 2 atom stereocenters. The number of nitrogens with zero attached hydrogens (tertiary/aromatic N) is 7. The van der Waals surface area contributed by atoms with Crippen molar-refractivity contribution in [3.8, 4) is 17.0 Å². The molecular formula is C27H30N8NaO4P. The minimum Gasteiger partial charge on any atom is -0.760 e. The Balaban J connectivity index is 0.00000337. The van der Waals surface area contributed by atoms with Crippen LogP contribution in [0.2, 0.25) is 0 Å². The van der Waals surface area contributed by atoms with Gasteiger partial charge in [-0.15, -0.1) is 0 Å². The summed E-state index contributed by atoms with van der Waals surface area (Å²) in [6.07, 6.45) is 8.45. The zero-order valence-corrected chi connectivity index (χ0v) is 26.8. The molecule has 1 aliphatic rings. The minimum absolute atomic E-state index is 0. The summed E-state index contributed by atoms with van der Waals surface area (Å²) in [6, 6.07) is 7.47. The third-order valence-corrected chi connectivity index (χ3v) is 7.89. The number of fused-ring (bicyclic) bond motifs is 2. The number of nitrogens with one attached hydrogen (secondary N) is 1. The van der Waals surface area contributed by atoms with Crippen LogP contribution in [-0.4, -0.2) is 45.9 Å². The first-order chi connectivity index (χ1) is 19.0. The van der Waals surface area contributed by atoms with Gasteiger partial charge in [-0.3, -0.25) is 19.2 Å². The fourth-order valence-electron chi connectivity index (χ4n) is 4.53. The first-order valence-corrected chi connectivity index (χ1v) is 14.6. The summed E-state index contributed by atoms with van der Waals surface area (Å²) in [6.45, 7) is 6.93. The van der Waals surface area contributed by atoms with Gasteiger partial charge in [-0.2, -0.15) is 14.6 Å². The number of rotatable bonds is 8. The van der Waals surface area contributed by atoms with Gasteiger partial charge in [-0.05, 0) is 58.7 Å². The Morgan fingerprint density at radius 1 is 1.17 bits per heavy atom. The molecule has 0 saturated heterocycles. The van der Waals surface area contributed by atoms with Gasteiger partial charge in [0.2, 0.25) is 0 Å². The van der Waals surface area contributed by atoms with Crippen LogP contribution in [0.25, 0.3) is 33.2 Å². The molecule has 1 saturated carbocycles. The average molecular weight is 585 g/mol. The topological polar surface area (TPSA) is 145 Å². The molecule has 0 amide bonds. The molecule has 6 rings (SSSR count). The second-order valence-electron chi connectivity index (χ2n) is 11.0. The molecule has 0 radical (unpaired) electrons. The van der Waals surface area contributed by atoms with E-state index in [9.17, 15) is 9.46 Å². The number of hydrogen-bond donors (Lipinski definition) is 1. The molecule has 1 fully saturated rings. The predicted molar refractivity (Wildman–Crippen MR) is 149 cm³/mol. The molecule has 1 aromatic carbocycles. The summed E-state index contributed by atoms with van der Waals surface area (Å²) in [5.41, 5.74) is 2.59. The molecule has 1 aliphatic carbocycles. The van der Waals surface area contributed by atoms with Gasteiger partial charge in [0.25, 0.3) is 7.75 Å². The number of hydrogen-bond acceptors (Lipinski definition) is 10. The van der Waals surface area contributed by atoms with E-state index in [-0.39, 0.29) is 29.6 Å². The largest absolute Gasteiger partial charge is 1.00 e. The van der Waals surface area contributed by atoms with Crippen LogP contribution < -0.4 is 44.5 Å². The van der Waals surface area contributed by atoms with Gasteiger partial charge >= 0.3 is 29.6 Å². The first kappa shape index (κ1) is 29.6. The van der Waals surface area contributed by atoms with Crippen molar-refractivity contribution >= 4 is 35.5 Å². The van der Waals surface area contributed by atoms with Crippen molar-refractivity contribution < 1.29 is 48.3 Å². The van der Waals surface area contributed by atoms with E-state index in [1.807, 2.05) is 13.0 Å². The molecule has 4 aromatic heterocycles. The van der Waals surface area contributed by atoms with E-state index in [1.54, 1.807) is 75.5 Å². The Morgan fingerprint density at radius 3 is 2.61 bits per heavy atom. The van der Waals surface area contributed by atoms with Crippen LogP contribution in [-0.2, 0) is 16.1 Å². The van der Waals surface area contributed by atoms with E-state index < -0.39 is 19.5 Å². The second-order valence-corrected chi connectivity index (χ2v) is 12.5. The van der Waals surface area contributed by atoms with Crippen LogP contribution in [0.15, 0.2) is 49.1 Å². The Bertz CT molecular complexity index is 1780. The van der Waals surface area contributed by atoms with Gasteiger partial charge in [0.15, 0.2) is 0 Å². The van der Waals surface area contributed by atoms with Crippen molar-refractivity contribution in [1.82, 2.24) is 34.3 Å². The SMILES string of the molecule is C[C@@H](Oc1ccc2c(c1)c(-c1cnn(C)c1)nn2P(=O)([O-])OC(C)(C)C)c1nc(NC2CC2)cc2nccnc12.[Na+]. The molecule has 208 valence electrons. The van der Waals surface area contributed by atoms with Gasteiger partial charge in [-0.25, -0.2) is 4.98 Å². The molecule has 1 unspecified atom stereocenters. The molecule has 12 nitrogen and oxygen atoms in total. The van der Waals surface area contributed by atoms with Crippen molar-refractivity contribution in [2.75, 3.05) is 5.32 Å². The fraction of sp³-hybridized carbons (Fsp3) is 0.370. The summed E-state index contributed by atoms with van der Waals surface area (Å²) in [5, 5.41) is 12.7. The smallest absolute Gasteiger partial charge is 0.760 e. The molecule has 14 heteroatoms. The van der Waals surface area contributed by atoms with E-state index in [2.05, 4.69) is 25.5 Å². The van der Waals surface area contributed by atoms with Crippen LogP contribution >= 0.6 is 7.75 Å². The number of ether oxygens (including phenoxy) is 1. The molecule has 5 aromatic rings. The third kappa shape index (κ3) is 6.33. The summed E-state index contributed by atoms with van der Waals surface area (Å²) in [4.78, 5) is 27.0. The van der Waals surface area contributed by atoms with Crippen molar-refractivity contribution in [2.45, 2.75) is 58.3 Å². The minimum atomic E-state index is -4.58. The Morgan fingerprint density at radius 2 is 1.93 bits per heavy atom. The quantitative estimate of drug-likeness (QED) is 0.211. The maximum atomic E-state index is 13.2. The normalized spacial score (nSPS) is 15.9. The van der Waals surface area contributed by atoms with Gasteiger partial charge in [0.1, 0.15) is 34.6 Å². The van der Waals surface area contributed by atoms with Crippen LogP contribution in [0.1, 0.15) is 52.3 Å². The van der Waals surface area contributed by atoms with E-state index >= 15 is 0 Å². The predicted octanol–water partition coefficient (Wildman–Crippen LogP) is 1.62. The van der Waals surface area contributed by atoms with Crippen LogP contribution in [0.3, 0.4) is 0 Å². The second kappa shape index (κ2) is 11.1. The van der Waals surface area contributed by atoms with Gasteiger partial charge in [-0.1, -0.05) is 0 Å². The van der Waals surface area contributed by atoms with E-state index in [4.69, 9.17) is 14.2 Å². The standard InChI is InChI=1S/C27H31N8O4P.Na/c1-16(24-26-21(28-10-11-29-26)13-23(32-24)31-18-6-7-18)38-19-8-9-22-20(12-19)25(17-14-30-34(5)15-17)33-35(22)40(36,37)39-27(2,3)4;/h8-16,18H,6-7H2,1-5H3,(H,31,32)(H,36,37);/q;+1/p-1/t16-;/m1./s1. The van der Waals surface area contributed by atoms with E-state index in [0.717, 1.165) is 28.6 Å². The Labute approximate surface area is 259 Å². The van der Waals surface area contributed by atoms with E-state index in [1.165, 1.54) is 0 Å². The molecule has 4 heterocycles. The number of aromatic nitrogens is 7. The number of pyridine rings is 1. The zero-order chi connectivity index (χ0) is 28.2. The molecule has 0 bridgehead atoms. The molecular weight excluding hydrogens is 554 g/mol. The maximum Gasteiger partial charge on any atom is 1.00 e. The van der Waals surface area contributed by atoms with Gasteiger partial charge < -0.3 is 19.5 Å². The van der Waals surface area contributed by atoms with Crippen LogP contribution in [0.4, 0.5) is 5.82 Å². The average Bonchev–Trinajstić information content (AvgIpc) is 3.45. The molecule has 1 N–H and O–H groups in total. The molecule has 41 heavy (non-hydrogen) atoms. The number of aryl methyl sites for hydroxylation is 1. The molecule has 0 spiro atoms. The molecule has 0 aliphatic heterocycles. The van der Waals surface area contributed by atoms with Gasteiger partial charge in [0, 0.05) is 48.7 Å². The summed E-state index contributed by atoms with van der Waals surface area (Å²) < 4.78 is 27.6. The van der Waals surface area contributed by atoms with Crippen molar-refractivity contribution in [1.29, 1.82) is 0 Å². The van der Waals surface area contributed by atoms with Crippen molar-refractivity contribution in [3.05, 3.63) is 54.7 Å². The summed E-state index contributed by atoms with van der Waals surface area (Å²) >= 11 is 0. The number of benzene rings is 1. The summed E-state index contributed by atoms with van der Waals surface area (Å²) in [7, 11) is -2.80. The first-order valence-electron chi connectivity index (χ1n) is 13.1. The van der Waals surface area contributed by atoms with Gasteiger partial charge in [0.05, 0.1) is 22.8 Å². The third-order valence-electron chi connectivity index (χ3n) is 6.34. The maximum absolute atomic E-state index is 13.2. The monoisotopic (exact) mass is 584 g/mol. The Kier molecular flexibility index (Phi) is 8.01. The van der Waals surface area contributed by atoms with Crippen LogP contribution in [0, 0.1) is 0 Å². The van der Waals surface area contributed by atoms with Crippen molar-refractivity contribution in [3.63, 3.8) is 0 Å². The van der Waals surface area contributed by atoms with Crippen LogP contribution in [0.5, 0.6) is 5.75 Å². The number of anilines is 1. The zero-order valence-electron chi connectivity index (χ0n) is 23.9. The van der Waals surface area contributed by atoms with E-state index in [0.29, 0.717) is 45.2 Å².